The first-order valence-electron chi connectivity index (χ1n) is 4.77. The van der Waals surface area contributed by atoms with E-state index in [9.17, 15) is 9.90 Å². The van der Waals surface area contributed by atoms with Gasteiger partial charge in [-0.15, -0.1) is 0 Å². The second kappa shape index (κ2) is 4.06. The third kappa shape index (κ3) is 1.88. The van der Waals surface area contributed by atoms with E-state index >= 15 is 0 Å². The molecule has 16 heavy (non-hydrogen) atoms. The molecule has 0 aliphatic rings. The zero-order valence-electron chi connectivity index (χ0n) is 8.69. The molecule has 82 valence electrons. The maximum atomic E-state index is 11.7. The van der Waals surface area contributed by atoms with Gasteiger partial charge in [-0.1, -0.05) is 6.07 Å². The van der Waals surface area contributed by atoms with Crippen molar-refractivity contribution in [2.45, 2.75) is 6.92 Å². The lowest BCUT2D eigenvalue weighted by atomic mass is 10.1. The van der Waals surface area contributed by atoms with Crippen LogP contribution >= 0.6 is 0 Å². The molecule has 1 aromatic carbocycles. The van der Waals surface area contributed by atoms with Gasteiger partial charge in [0.2, 0.25) is 0 Å². The highest BCUT2D eigenvalue weighted by atomic mass is 16.3. The molecule has 1 amide bonds. The molecular formula is C11H11N3O2. The van der Waals surface area contributed by atoms with E-state index < -0.39 is 0 Å². The van der Waals surface area contributed by atoms with Gasteiger partial charge in [-0.2, -0.15) is 5.10 Å². The number of amides is 1. The van der Waals surface area contributed by atoms with Crippen molar-refractivity contribution in [2.75, 3.05) is 5.32 Å². The number of nitrogens with one attached hydrogen (secondary N) is 2. The van der Waals surface area contributed by atoms with E-state index in [-0.39, 0.29) is 11.7 Å². The first-order valence-corrected chi connectivity index (χ1v) is 4.77. The van der Waals surface area contributed by atoms with E-state index in [1.165, 1.54) is 12.4 Å². The van der Waals surface area contributed by atoms with Crippen LogP contribution < -0.4 is 5.32 Å². The van der Waals surface area contributed by atoms with Crippen molar-refractivity contribution in [2.24, 2.45) is 0 Å². The van der Waals surface area contributed by atoms with Gasteiger partial charge in [0.25, 0.3) is 5.91 Å². The van der Waals surface area contributed by atoms with E-state index in [1.54, 1.807) is 25.1 Å². The molecule has 0 aliphatic carbocycles. The number of aromatic nitrogens is 2. The van der Waals surface area contributed by atoms with Crippen LogP contribution in [0.25, 0.3) is 0 Å². The summed E-state index contributed by atoms with van der Waals surface area (Å²) >= 11 is 0. The molecule has 0 aliphatic heterocycles. The molecule has 0 radical (unpaired) electrons. The third-order valence-corrected chi connectivity index (χ3v) is 2.31. The van der Waals surface area contributed by atoms with Gasteiger partial charge in [0.15, 0.2) is 0 Å². The Morgan fingerprint density at radius 2 is 2.31 bits per heavy atom. The molecule has 2 aromatic rings. The van der Waals surface area contributed by atoms with Gasteiger partial charge in [0.1, 0.15) is 5.75 Å². The van der Waals surface area contributed by atoms with Crippen molar-refractivity contribution in [3.05, 3.63) is 41.7 Å². The number of anilines is 1. The van der Waals surface area contributed by atoms with Gasteiger partial charge < -0.3 is 10.4 Å². The van der Waals surface area contributed by atoms with Gasteiger partial charge in [0.05, 0.1) is 11.8 Å². The van der Waals surface area contributed by atoms with Crippen molar-refractivity contribution in [3.8, 4) is 5.75 Å². The molecule has 5 heteroatoms. The summed E-state index contributed by atoms with van der Waals surface area (Å²) in [6.45, 7) is 1.74. The van der Waals surface area contributed by atoms with E-state index in [1.807, 2.05) is 0 Å². The lowest BCUT2D eigenvalue weighted by Gasteiger charge is -2.08. The molecule has 3 N–H and O–H groups in total. The SMILES string of the molecule is Cc1c(O)cccc1NC(=O)c1cn[nH]c1. The molecule has 1 aromatic heterocycles. The van der Waals surface area contributed by atoms with Crippen molar-refractivity contribution in [1.82, 2.24) is 10.2 Å². The van der Waals surface area contributed by atoms with Crippen LogP contribution in [0.3, 0.4) is 0 Å². The highest BCUT2D eigenvalue weighted by Crippen LogP contribution is 2.24. The molecule has 0 fully saturated rings. The standard InChI is InChI=1S/C11H11N3O2/c1-7-9(3-2-4-10(7)15)14-11(16)8-5-12-13-6-8/h2-6,15H,1H3,(H,12,13)(H,14,16). The molecule has 1 heterocycles. The predicted molar refractivity (Wildman–Crippen MR) is 59.4 cm³/mol. The number of aromatic amines is 1. The zero-order chi connectivity index (χ0) is 11.5. The van der Waals surface area contributed by atoms with Crippen LogP contribution in [0, 0.1) is 6.92 Å². The van der Waals surface area contributed by atoms with Crippen LogP contribution in [0.1, 0.15) is 15.9 Å². The van der Waals surface area contributed by atoms with Crippen LogP contribution in [0.2, 0.25) is 0 Å². The summed E-state index contributed by atoms with van der Waals surface area (Å²) in [6.07, 6.45) is 2.95. The number of H-pyrrole nitrogens is 1. The quantitative estimate of drug-likeness (QED) is 0.716. The second-order valence-corrected chi connectivity index (χ2v) is 3.39. The van der Waals surface area contributed by atoms with Gasteiger partial charge >= 0.3 is 0 Å². The number of hydrogen-bond donors (Lipinski definition) is 3. The van der Waals surface area contributed by atoms with Crippen LogP contribution in [0.5, 0.6) is 5.75 Å². The van der Waals surface area contributed by atoms with Crippen LogP contribution in [-0.2, 0) is 0 Å². The largest absolute Gasteiger partial charge is 0.508 e. The minimum absolute atomic E-state index is 0.157. The average molecular weight is 217 g/mol. The fraction of sp³-hybridized carbons (Fsp3) is 0.0909. The predicted octanol–water partition coefficient (Wildman–Crippen LogP) is 1.68. The molecule has 0 saturated heterocycles. The van der Waals surface area contributed by atoms with E-state index in [2.05, 4.69) is 15.5 Å². The molecular weight excluding hydrogens is 206 g/mol. The maximum absolute atomic E-state index is 11.7. The number of benzene rings is 1. The first kappa shape index (κ1) is 10.2. The topological polar surface area (TPSA) is 78.0 Å². The highest BCUT2D eigenvalue weighted by molar-refractivity contribution is 6.04. The summed E-state index contributed by atoms with van der Waals surface area (Å²) in [5.74, 6) is -0.104. The lowest BCUT2D eigenvalue weighted by Crippen LogP contribution is -2.11. The van der Waals surface area contributed by atoms with Crippen molar-refractivity contribution >= 4 is 11.6 Å². The Kier molecular flexibility index (Phi) is 2.59. The fourth-order valence-electron chi connectivity index (χ4n) is 1.33. The molecule has 5 nitrogen and oxygen atoms in total. The van der Waals surface area contributed by atoms with Gasteiger partial charge in [-0.05, 0) is 19.1 Å². The Hall–Kier alpha value is -2.30. The maximum Gasteiger partial charge on any atom is 0.258 e. The Morgan fingerprint density at radius 1 is 1.50 bits per heavy atom. The van der Waals surface area contributed by atoms with Crippen molar-refractivity contribution in [1.29, 1.82) is 0 Å². The second-order valence-electron chi connectivity index (χ2n) is 3.39. The average Bonchev–Trinajstić information content (AvgIpc) is 2.78. The van der Waals surface area contributed by atoms with Crippen LogP contribution in [-0.4, -0.2) is 21.2 Å². The number of carbonyl (C=O) groups excluding carboxylic acids is 1. The molecule has 0 unspecified atom stereocenters. The zero-order valence-corrected chi connectivity index (χ0v) is 8.69. The summed E-state index contributed by atoms with van der Waals surface area (Å²) in [5.41, 5.74) is 1.67. The van der Waals surface area contributed by atoms with E-state index in [0.29, 0.717) is 16.8 Å². The van der Waals surface area contributed by atoms with E-state index in [0.717, 1.165) is 0 Å². The highest BCUT2D eigenvalue weighted by Gasteiger charge is 2.09. The number of hydrogen-bond acceptors (Lipinski definition) is 3. The van der Waals surface area contributed by atoms with Gasteiger partial charge in [-0.3, -0.25) is 9.89 Å². The summed E-state index contributed by atoms with van der Waals surface area (Å²) in [7, 11) is 0. The number of aromatic hydroxyl groups is 1. The van der Waals surface area contributed by atoms with Crippen LogP contribution in [0.15, 0.2) is 30.6 Å². The van der Waals surface area contributed by atoms with Crippen molar-refractivity contribution in [3.63, 3.8) is 0 Å². The summed E-state index contributed by atoms with van der Waals surface area (Å²) in [4.78, 5) is 11.7. The third-order valence-electron chi connectivity index (χ3n) is 2.31. The number of phenols is 1. The summed E-state index contributed by atoms with van der Waals surface area (Å²) in [6, 6.07) is 4.98. The Bertz CT molecular complexity index is 506. The van der Waals surface area contributed by atoms with Gasteiger partial charge in [-0.25, -0.2) is 0 Å². The molecule has 0 atom stereocenters. The Labute approximate surface area is 92.1 Å². The Balaban J connectivity index is 2.22. The molecule has 0 saturated carbocycles. The number of nitrogens with zero attached hydrogens (tertiary/aromatic N) is 1. The fourth-order valence-corrected chi connectivity index (χ4v) is 1.33. The summed E-state index contributed by atoms with van der Waals surface area (Å²) < 4.78 is 0. The summed E-state index contributed by atoms with van der Waals surface area (Å²) in [5, 5.41) is 18.4. The minimum Gasteiger partial charge on any atom is -0.508 e. The van der Waals surface area contributed by atoms with Gasteiger partial charge in [0, 0.05) is 17.4 Å². The minimum atomic E-state index is -0.262. The normalized spacial score (nSPS) is 10.1. The van der Waals surface area contributed by atoms with E-state index in [4.69, 9.17) is 0 Å². The number of rotatable bonds is 2. The monoisotopic (exact) mass is 217 g/mol. The van der Waals surface area contributed by atoms with Crippen molar-refractivity contribution < 1.29 is 9.90 Å². The Morgan fingerprint density at radius 3 is 3.00 bits per heavy atom. The lowest BCUT2D eigenvalue weighted by molar-refractivity contribution is 0.102. The molecule has 0 spiro atoms. The molecule has 0 bridgehead atoms. The van der Waals surface area contributed by atoms with Crippen LogP contribution in [0.4, 0.5) is 5.69 Å². The smallest absolute Gasteiger partial charge is 0.258 e. The number of carbonyl (C=O) groups is 1. The molecule has 2 rings (SSSR count). The number of phenolic OH excluding ortho intramolecular Hbond substituents is 1. The first-order chi connectivity index (χ1) is 7.68.